The Labute approximate surface area is 151 Å². The zero-order valence-corrected chi connectivity index (χ0v) is 14.8. The molecule has 26 heavy (non-hydrogen) atoms. The molecule has 1 heterocycles. The van der Waals surface area contributed by atoms with Crippen LogP contribution in [0.5, 0.6) is 0 Å². The molecule has 0 N–H and O–H groups in total. The smallest absolute Gasteiger partial charge is 0.309 e. The Morgan fingerprint density at radius 1 is 1.15 bits per heavy atom. The summed E-state index contributed by atoms with van der Waals surface area (Å²) >= 11 is 0. The lowest BCUT2D eigenvalue weighted by Gasteiger charge is -2.36. The summed E-state index contributed by atoms with van der Waals surface area (Å²) in [7, 11) is 0. The van der Waals surface area contributed by atoms with Gasteiger partial charge in [0.15, 0.2) is 6.10 Å². The van der Waals surface area contributed by atoms with Crippen LogP contribution in [0.4, 0.5) is 0 Å². The van der Waals surface area contributed by atoms with Crippen LogP contribution >= 0.6 is 0 Å². The molecule has 2 aliphatic rings. The molecule has 0 saturated heterocycles. The van der Waals surface area contributed by atoms with E-state index in [2.05, 4.69) is 10.2 Å². The Hall–Kier alpha value is -2.50. The molecule has 6 nitrogen and oxygen atoms in total. The molecule has 136 valence electrons. The standard InChI is InChI=1S/C20H22N2O4/c1-12(18-21-22-19(26-18)13-6-3-2-4-7-13)25-20(24)16-10-14-8-5-9-15(11-16)17(14)23/h2-4,6-7,12,14-16H,5,8-11H2,1H3/t12-,14-,15+,16?/m1/s1. The summed E-state index contributed by atoms with van der Waals surface area (Å²) in [5.41, 5.74) is 0.823. The number of hydrogen-bond acceptors (Lipinski definition) is 6. The van der Waals surface area contributed by atoms with E-state index in [0.717, 1.165) is 24.8 Å². The van der Waals surface area contributed by atoms with Crippen LogP contribution in [0.1, 0.15) is 51.0 Å². The monoisotopic (exact) mass is 354 g/mol. The predicted molar refractivity (Wildman–Crippen MR) is 92.8 cm³/mol. The van der Waals surface area contributed by atoms with Crippen LogP contribution in [0.3, 0.4) is 0 Å². The number of esters is 1. The van der Waals surface area contributed by atoms with E-state index in [1.54, 1.807) is 6.92 Å². The molecule has 4 atom stereocenters. The molecule has 0 aliphatic heterocycles. The van der Waals surface area contributed by atoms with Gasteiger partial charge in [0, 0.05) is 17.4 Å². The second-order valence-corrected chi connectivity index (χ2v) is 7.29. The molecule has 2 aliphatic carbocycles. The van der Waals surface area contributed by atoms with Crippen LogP contribution in [-0.2, 0) is 14.3 Å². The number of nitrogens with zero attached hydrogens (tertiary/aromatic N) is 2. The zero-order chi connectivity index (χ0) is 18.1. The summed E-state index contributed by atoms with van der Waals surface area (Å²) in [6.07, 6.45) is 3.51. The van der Waals surface area contributed by atoms with Gasteiger partial charge < -0.3 is 9.15 Å². The average Bonchev–Trinajstić information content (AvgIpc) is 3.12. The molecule has 1 aromatic carbocycles. The fraction of sp³-hybridized carbons (Fsp3) is 0.500. The molecule has 0 amide bonds. The van der Waals surface area contributed by atoms with E-state index in [0.29, 0.717) is 24.5 Å². The first-order chi connectivity index (χ1) is 12.6. The van der Waals surface area contributed by atoms with Gasteiger partial charge in [-0.3, -0.25) is 9.59 Å². The highest BCUT2D eigenvalue weighted by atomic mass is 16.6. The zero-order valence-electron chi connectivity index (χ0n) is 14.8. The van der Waals surface area contributed by atoms with Crippen molar-refractivity contribution in [3.8, 4) is 11.5 Å². The third-order valence-electron chi connectivity index (χ3n) is 5.48. The second-order valence-electron chi connectivity index (χ2n) is 7.29. The molecule has 0 radical (unpaired) electrons. The minimum atomic E-state index is -0.607. The maximum absolute atomic E-state index is 12.6. The summed E-state index contributed by atoms with van der Waals surface area (Å²) < 4.78 is 11.2. The van der Waals surface area contributed by atoms with Crippen LogP contribution in [0.15, 0.2) is 34.7 Å². The minimum absolute atomic E-state index is 0.0310. The van der Waals surface area contributed by atoms with Crippen LogP contribution < -0.4 is 0 Å². The highest BCUT2D eigenvalue weighted by Crippen LogP contribution is 2.41. The molecule has 6 heteroatoms. The van der Waals surface area contributed by atoms with Crippen LogP contribution in [0.2, 0.25) is 0 Å². The van der Waals surface area contributed by atoms with Gasteiger partial charge in [-0.25, -0.2) is 0 Å². The lowest BCUT2D eigenvalue weighted by atomic mass is 9.67. The van der Waals surface area contributed by atoms with Crippen molar-refractivity contribution < 1.29 is 18.7 Å². The maximum Gasteiger partial charge on any atom is 0.309 e. The Kier molecular flexibility index (Phi) is 4.57. The Balaban J connectivity index is 1.40. The number of carbonyl (C=O) groups is 2. The molecule has 0 spiro atoms. The first-order valence-electron chi connectivity index (χ1n) is 9.25. The summed E-state index contributed by atoms with van der Waals surface area (Å²) in [4.78, 5) is 24.7. The molecule has 2 saturated carbocycles. The number of Topliss-reactive ketones (excluding diaryl/α,β-unsaturated/α-hetero) is 1. The fourth-order valence-electron chi connectivity index (χ4n) is 4.09. The molecule has 1 aromatic heterocycles. The lowest BCUT2D eigenvalue weighted by molar-refractivity contribution is -0.159. The maximum atomic E-state index is 12.6. The SMILES string of the molecule is C[C@@H](OC(=O)C1C[C@H]2CCC[C@@H](C1)C2=O)c1nnc(-c2ccccc2)o1. The molecule has 2 fully saturated rings. The number of fused-ring (bicyclic) bond motifs is 2. The van der Waals surface area contributed by atoms with Crippen molar-refractivity contribution in [1.29, 1.82) is 0 Å². The topological polar surface area (TPSA) is 82.3 Å². The number of ether oxygens (including phenoxy) is 1. The van der Waals surface area contributed by atoms with Crippen molar-refractivity contribution in [2.75, 3.05) is 0 Å². The average molecular weight is 354 g/mol. The van der Waals surface area contributed by atoms with Gasteiger partial charge in [-0.2, -0.15) is 0 Å². The summed E-state index contributed by atoms with van der Waals surface area (Å²) in [6.45, 7) is 1.73. The van der Waals surface area contributed by atoms with Crippen molar-refractivity contribution in [3.63, 3.8) is 0 Å². The van der Waals surface area contributed by atoms with Gasteiger partial charge in [-0.1, -0.05) is 24.6 Å². The van der Waals surface area contributed by atoms with Crippen molar-refractivity contribution >= 4 is 11.8 Å². The molecule has 2 bridgehead atoms. The van der Waals surface area contributed by atoms with E-state index >= 15 is 0 Å². The normalized spacial score (nSPS) is 26.3. The number of hydrogen-bond donors (Lipinski definition) is 0. The molecule has 4 rings (SSSR count). The van der Waals surface area contributed by atoms with E-state index in [4.69, 9.17) is 9.15 Å². The van der Waals surface area contributed by atoms with E-state index in [9.17, 15) is 9.59 Å². The first-order valence-corrected chi connectivity index (χ1v) is 9.25. The summed E-state index contributed by atoms with van der Waals surface area (Å²) in [5, 5.41) is 8.04. The van der Waals surface area contributed by atoms with Gasteiger partial charge in [0.05, 0.1) is 5.92 Å². The van der Waals surface area contributed by atoms with Crippen molar-refractivity contribution in [2.24, 2.45) is 17.8 Å². The quantitative estimate of drug-likeness (QED) is 0.778. The molecular weight excluding hydrogens is 332 g/mol. The van der Waals surface area contributed by atoms with Gasteiger partial charge in [-0.05, 0) is 44.7 Å². The van der Waals surface area contributed by atoms with E-state index < -0.39 is 6.10 Å². The van der Waals surface area contributed by atoms with Crippen molar-refractivity contribution in [2.45, 2.75) is 45.1 Å². The molecule has 2 aromatic rings. The number of carbonyl (C=O) groups excluding carboxylic acids is 2. The highest BCUT2D eigenvalue weighted by Gasteiger charge is 2.42. The van der Waals surface area contributed by atoms with Gasteiger partial charge in [0.25, 0.3) is 5.89 Å². The number of aromatic nitrogens is 2. The van der Waals surface area contributed by atoms with Crippen LogP contribution in [0.25, 0.3) is 11.5 Å². The van der Waals surface area contributed by atoms with Crippen LogP contribution in [0, 0.1) is 17.8 Å². The summed E-state index contributed by atoms with van der Waals surface area (Å²) in [5.74, 6) is 0.624. The third-order valence-corrected chi connectivity index (χ3v) is 5.48. The molecular formula is C20H22N2O4. The van der Waals surface area contributed by atoms with Gasteiger partial charge in [0.2, 0.25) is 5.89 Å². The number of ketones is 1. The van der Waals surface area contributed by atoms with Gasteiger partial charge in [0.1, 0.15) is 5.78 Å². The first kappa shape index (κ1) is 16.9. The Morgan fingerprint density at radius 3 is 2.54 bits per heavy atom. The van der Waals surface area contributed by atoms with E-state index in [1.165, 1.54) is 0 Å². The predicted octanol–water partition coefficient (Wildman–Crippen LogP) is 3.74. The largest absolute Gasteiger partial charge is 0.452 e. The molecule has 1 unspecified atom stereocenters. The van der Waals surface area contributed by atoms with Gasteiger partial charge >= 0.3 is 5.97 Å². The Morgan fingerprint density at radius 2 is 1.85 bits per heavy atom. The van der Waals surface area contributed by atoms with Crippen molar-refractivity contribution in [1.82, 2.24) is 10.2 Å². The minimum Gasteiger partial charge on any atom is -0.452 e. The van der Waals surface area contributed by atoms with E-state index in [1.807, 2.05) is 30.3 Å². The Bertz CT molecular complexity index is 785. The number of benzene rings is 1. The van der Waals surface area contributed by atoms with Gasteiger partial charge in [-0.15, -0.1) is 10.2 Å². The van der Waals surface area contributed by atoms with E-state index in [-0.39, 0.29) is 29.6 Å². The number of rotatable bonds is 4. The summed E-state index contributed by atoms with van der Waals surface area (Å²) in [6, 6.07) is 9.46. The fourth-order valence-corrected chi connectivity index (χ4v) is 4.09. The highest BCUT2D eigenvalue weighted by molar-refractivity contribution is 5.87. The van der Waals surface area contributed by atoms with Crippen LogP contribution in [-0.4, -0.2) is 21.9 Å². The second kappa shape index (κ2) is 7.02. The van der Waals surface area contributed by atoms with Crippen molar-refractivity contribution in [3.05, 3.63) is 36.2 Å². The third kappa shape index (κ3) is 3.28. The lowest BCUT2D eigenvalue weighted by Crippen LogP contribution is -2.39.